The van der Waals surface area contributed by atoms with Crippen molar-refractivity contribution < 1.29 is 9.47 Å². The molecule has 1 rings (SSSR count). The standard InChI is InChI=1S/C20H32O2/c1-6-9-11-17(8-3)15-22-20-13-16(4)19(21-5)14-18(20)12-10-7-2/h7,10,13-14,17H,6,8-9,11-12,15H2,1-5H3/b10-7+. The van der Waals surface area contributed by atoms with Gasteiger partial charge in [-0.1, -0.05) is 45.3 Å². The smallest absolute Gasteiger partial charge is 0.123 e. The zero-order chi connectivity index (χ0) is 16.4. The van der Waals surface area contributed by atoms with Crippen LogP contribution in [0.3, 0.4) is 0 Å². The van der Waals surface area contributed by atoms with E-state index in [2.05, 4.69) is 45.1 Å². The Morgan fingerprint density at radius 2 is 1.95 bits per heavy atom. The lowest BCUT2D eigenvalue weighted by Crippen LogP contribution is -2.12. The summed E-state index contributed by atoms with van der Waals surface area (Å²) in [6.07, 6.45) is 10.1. The zero-order valence-electron chi connectivity index (χ0n) is 14.9. The van der Waals surface area contributed by atoms with Crippen LogP contribution in [0.5, 0.6) is 11.5 Å². The van der Waals surface area contributed by atoms with E-state index in [4.69, 9.17) is 9.47 Å². The molecule has 2 heteroatoms. The van der Waals surface area contributed by atoms with Crippen LogP contribution in [0.25, 0.3) is 0 Å². The molecule has 0 spiro atoms. The fraction of sp³-hybridized carbons (Fsp3) is 0.600. The molecule has 0 aliphatic rings. The van der Waals surface area contributed by atoms with E-state index < -0.39 is 0 Å². The Labute approximate surface area is 136 Å². The zero-order valence-corrected chi connectivity index (χ0v) is 14.9. The molecule has 1 aromatic rings. The second-order valence-electron chi connectivity index (χ2n) is 5.93. The highest BCUT2D eigenvalue weighted by atomic mass is 16.5. The highest BCUT2D eigenvalue weighted by Gasteiger charge is 2.11. The molecule has 0 fully saturated rings. The SMILES string of the molecule is C/C=C/Cc1cc(OC)c(C)cc1OCC(CC)CCCC. The van der Waals surface area contributed by atoms with Gasteiger partial charge in [0.15, 0.2) is 0 Å². The van der Waals surface area contributed by atoms with Gasteiger partial charge in [-0.2, -0.15) is 0 Å². The third kappa shape index (κ3) is 5.75. The third-order valence-corrected chi connectivity index (χ3v) is 4.17. The van der Waals surface area contributed by atoms with E-state index in [9.17, 15) is 0 Å². The first kappa shape index (κ1) is 18.6. The maximum absolute atomic E-state index is 6.18. The van der Waals surface area contributed by atoms with Crippen molar-refractivity contribution in [2.24, 2.45) is 5.92 Å². The summed E-state index contributed by atoms with van der Waals surface area (Å²) in [5.41, 5.74) is 2.33. The minimum Gasteiger partial charge on any atom is -0.496 e. The summed E-state index contributed by atoms with van der Waals surface area (Å²) in [5.74, 6) is 2.59. The number of rotatable bonds is 10. The summed E-state index contributed by atoms with van der Waals surface area (Å²) in [7, 11) is 1.72. The average molecular weight is 304 g/mol. The highest BCUT2D eigenvalue weighted by molar-refractivity contribution is 5.46. The minimum atomic E-state index is 0.650. The first-order valence-electron chi connectivity index (χ1n) is 8.57. The van der Waals surface area contributed by atoms with Crippen molar-refractivity contribution in [1.29, 1.82) is 0 Å². The molecule has 1 unspecified atom stereocenters. The van der Waals surface area contributed by atoms with Gasteiger partial charge in [-0.15, -0.1) is 0 Å². The predicted octanol–water partition coefficient (Wildman–Crippen LogP) is 5.72. The Balaban J connectivity index is 2.84. The molecule has 0 aromatic heterocycles. The monoisotopic (exact) mass is 304 g/mol. The summed E-state index contributed by atoms with van der Waals surface area (Å²) in [6.45, 7) is 9.42. The average Bonchev–Trinajstić information content (AvgIpc) is 2.54. The Morgan fingerprint density at radius 3 is 2.55 bits per heavy atom. The number of ether oxygens (including phenoxy) is 2. The molecule has 0 N–H and O–H groups in total. The molecule has 0 radical (unpaired) electrons. The molecule has 0 saturated carbocycles. The first-order valence-corrected chi connectivity index (χ1v) is 8.57. The molecule has 1 aromatic carbocycles. The van der Waals surface area contributed by atoms with Crippen LogP contribution in [0, 0.1) is 12.8 Å². The predicted molar refractivity (Wildman–Crippen MR) is 95.1 cm³/mol. The van der Waals surface area contributed by atoms with Gasteiger partial charge in [0, 0.05) is 5.56 Å². The molecule has 0 bridgehead atoms. The van der Waals surface area contributed by atoms with E-state index >= 15 is 0 Å². The van der Waals surface area contributed by atoms with Crippen LogP contribution in [0.1, 0.15) is 57.6 Å². The van der Waals surface area contributed by atoms with Gasteiger partial charge in [0.1, 0.15) is 11.5 Å². The first-order chi connectivity index (χ1) is 10.7. The van der Waals surface area contributed by atoms with E-state index in [1.807, 2.05) is 6.92 Å². The molecule has 1 atom stereocenters. The van der Waals surface area contributed by atoms with Crippen molar-refractivity contribution in [1.82, 2.24) is 0 Å². The molecule has 22 heavy (non-hydrogen) atoms. The van der Waals surface area contributed by atoms with Gasteiger partial charge in [-0.05, 0) is 50.3 Å². The maximum atomic E-state index is 6.18. The van der Waals surface area contributed by atoms with Crippen molar-refractivity contribution in [2.45, 2.75) is 59.8 Å². The van der Waals surface area contributed by atoms with E-state index in [-0.39, 0.29) is 0 Å². The summed E-state index contributed by atoms with van der Waals surface area (Å²) < 4.78 is 11.6. The summed E-state index contributed by atoms with van der Waals surface area (Å²) in [5, 5.41) is 0. The third-order valence-electron chi connectivity index (χ3n) is 4.17. The normalized spacial score (nSPS) is 12.6. The Hall–Kier alpha value is -1.44. The van der Waals surface area contributed by atoms with Gasteiger partial charge in [-0.25, -0.2) is 0 Å². The summed E-state index contributed by atoms with van der Waals surface area (Å²) in [4.78, 5) is 0. The molecule has 124 valence electrons. The van der Waals surface area contributed by atoms with E-state index in [1.165, 1.54) is 31.2 Å². The molecule has 0 aliphatic heterocycles. The van der Waals surface area contributed by atoms with Gasteiger partial charge in [0.2, 0.25) is 0 Å². The lowest BCUT2D eigenvalue weighted by atomic mass is 10.0. The van der Waals surface area contributed by atoms with E-state index in [0.717, 1.165) is 30.1 Å². The fourth-order valence-electron chi connectivity index (χ4n) is 2.57. The van der Waals surface area contributed by atoms with Crippen LogP contribution < -0.4 is 9.47 Å². The van der Waals surface area contributed by atoms with Crippen molar-refractivity contribution in [2.75, 3.05) is 13.7 Å². The van der Waals surface area contributed by atoms with Gasteiger partial charge in [0.25, 0.3) is 0 Å². The molecular formula is C20H32O2. The maximum Gasteiger partial charge on any atom is 0.123 e. The summed E-state index contributed by atoms with van der Waals surface area (Å²) >= 11 is 0. The van der Waals surface area contributed by atoms with Crippen LogP contribution in [0.15, 0.2) is 24.3 Å². The number of methoxy groups -OCH3 is 1. The second-order valence-corrected chi connectivity index (χ2v) is 5.93. The topological polar surface area (TPSA) is 18.5 Å². The minimum absolute atomic E-state index is 0.650. The number of unbranched alkanes of at least 4 members (excludes halogenated alkanes) is 1. The highest BCUT2D eigenvalue weighted by Crippen LogP contribution is 2.30. The van der Waals surface area contributed by atoms with Crippen molar-refractivity contribution in [3.8, 4) is 11.5 Å². The van der Waals surface area contributed by atoms with E-state index in [1.54, 1.807) is 7.11 Å². The molecule has 0 heterocycles. The lowest BCUT2D eigenvalue weighted by Gasteiger charge is -2.18. The Bertz CT molecular complexity index is 463. The number of benzene rings is 1. The largest absolute Gasteiger partial charge is 0.496 e. The van der Waals surface area contributed by atoms with Crippen LogP contribution in [0.4, 0.5) is 0 Å². The van der Waals surface area contributed by atoms with Gasteiger partial charge in [-0.3, -0.25) is 0 Å². The van der Waals surface area contributed by atoms with Crippen molar-refractivity contribution >= 4 is 0 Å². The van der Waals surface area contributed by atoms with Crippen LogP contribution in [-0.2, 0) is 6.42 Å². The lowest BCUT2D eigenvalue weighted by molar-refractivity contribution is 0.231. The molecule has 2 nitrogen and oxygen atoms in total. The number of aryl methyl sites for hydroxylation is 1. The quantitative estimate of drug-likeness (QED) is 0.515. The fourth-order valence-corrected chi connectivity index (χ4v) is 2.57. The second kappa shape index (κ2) is 10.3. The van der Waals surface area contributed by atoms with Crippen LogP contribution in [0.2, 0.25) is 0 Å². The van der Waals surface area contributed by atoms with E-state index in [0.29, 0.717) is 5.92 Å². The number of hydrogen-bond acceptors (Lipinski definition) is 2. The molecule has 0 amide bonds. The molecular weight excluding hydrogens is 272 g/mol. The van der Waals surface area contributed by atoms with Crippen LogP contribution in [-0.4, -0.2) is 13.7 Å². The molecule has 0 saturated heterocycles. The Morgan fingerprint density at radius 1 is 1.18 bits per heavy atom. The van der Waals surface area contributed by atoms with Crippen LogP contribution >= 0.6 is 0 Å². The van der Waals surface area contributed by atoms with Gasteiger partial charge < -0.3 is 9.47 Å². The van der Waals surface area contributed by atoms with Gasteiger partial charge >= 0.3 is 0 Å². The van der Waals surface area contributed by atoms with Gasteiger partial charge in [0.05, 0.1) is 13.7 Å². The van der Waals surface area contributed by atoms with Crippen molar-refractivity contribution in [3.05, 3.63) is 35.4 Å². The van der Waals surface area contributed by atoms with Crippen molar-refractivity contribution in [3.63, 3.8) is 0 Å². The summed E-state index contributed by atoms with van der Waals surface area (Å²) in [6, 6.07) is 4.22. The molecule has 0 aliphatic carbocycles. The number of hydrogen-bond donors (Lipinski definition) is 0. The Kier molecular flexibility index (Phi) is 8.72. The number of allylic oxidation sites excluding steroid dienone is 2.